The lowest BCUT2D eigenvalue weighted by atomic mass is 10.2. The van der Waals surface area contributed by atoms with E-state index in [4.69, 9.17) is 4.74 Å². The highest BCUT2D eigenvalue weighted by molar-refractivity contribution is 5.94. The van der Waals surface area contributed by atoms with Crippen LogP contribution in [-0.2, 0) is 4.74 Å². The molecular formula is C10H11NO. The molecule has 0 saturated carbocycles. The van der Waals surface area contributed by atoms with Crippen molar-refractivity contribution in [2.75, 3.05) is 0 Å². The highest BCUT2D eigenvalue weighted by Crippen LogP contribution is 2.21. The van der Waals surface area contributed by atoms with Gasteiger partial charge in [-0.3, -0.25) is 0 Å². The molecule has 12 heavy (non-hydrogen) atoms. The third kappa shape index (κ3) is 1.47. The molecule has 1 atom stereocenters. The Morgan fingerprint density at radius 2 is 2.17 bits per heavy atom. The molecule has 0 bridgehead atoms. The molecule has 1 fully saturated rings. The maximum atomic E-state index is 5.11. The Bertz CT molecular complexity index is 330. The molecule has 0 radical (unpaired) electrons. The van der Waals surface area contributed by atoms with Gasteiger partial charge in [0.25, 0.3) is 0 Å². The van der Waals surface area contributed by atoms with Crippen LogP contribution in [0.3, 0.4) is 0 Å². The lowest BCUT2D eigenvalue weighted by Gasteiger charge is -1.92. The molecule has 0 aromatic heterocycles. The van der Waals surface area contributed by atoms with Gasteiger partial charge in [-0.1, -0.05) is 12.1 Å². The van der Waals surface area contributed by atoms with Crippen molar-refractivity contribution in [2.24, 2.45) is 4.99 Å². The van der Waals surface area contributed by atoms with E-state index in [9.17, 15) is 0 Å². The zero-order valence-electron chi connectivity index (χ0n) is 7.24. The van der Waals surface area contributed by atoms with Gasteiger partial charge in [0.15, 0.2) is 6.10 Å². The van der Waals surface area contributed by atoms with Crippen LogP contribution in [0.4, 0.5) is 5.69 Å². The average Bonchev–Trinajstić information content (AvgIpc) is 2.66. The average molecular weight is 161 g/mol. The van der Waals surface area contributed by atoms with Crippen LogP contribution >= 0.6 is 0 Å². The summed E-state index contributed by atoms with van der Waals surface area (Å²) in [6, 6.07) is 8.08. The summed E-state index contributed by atoms with van der Waals surface area (Å²) in [5.74, 6) is 0.848. The van der Waals surface area contributed by atoms with Gasteiger partial charge in [-0.25, -0.2) is 4.99 Å². The predicted molar refractivity (Wildman–Crippen MR) is 48.8 cm³/mol. The lowest BCUT2D eigenvalue weighted by Crippen LogP contribution is -1.76. The summed E-state index contributed by atoms with van der Waals surface area (Å²) in [5.41, 5.74) is 2.21. The summed E-state index contributed by atoms with van der Waals surface area (Å²) in [6.45, 7) is 4.05. The number of aliphatic imine (C=N–C) groups is 1. The highest BCUT2D eigenvalue weighted by Gasteiger charge is 2.29. The number of hydrogen-bond donors (Lipinski definition) is 0. The number of epoxide rings is 1. The van der Waals surface area contributed by atoms with Crippen molar-refractivity contribution in [1.82, 2.24) is 0 Å². The van der Waals surface area contributed by atoms with E-state index in [1.165, 1.54) is 5.56 Å². The van der Waals surface area contributed by atoms with Gasteiger partial charge in [-0.15, -0.1) is 0 Å². The number of benzene rings is 1. The smallest absolute Gasteiger partial charge is 0.231 e. The van der Waals surface area contributed by atoms with Gasteiger partial charge in [0.1, 0.15) is 0 Å². The normalized spacial score (nSPS) is 23.8. The van der Waals surface area contributed by atoms with Gasteiger partial charge in [0.2, 0.25) is 5.90 Å². The molecule has 1 saturated heterocycles. The largest absolute Gasteiger partial charge is 0.465 e. The van der Waals surface area contributed by atoms with Gasteiger partial charge in [0, 0.05) is 0 Å². The molecule has 1 unspecified atom stereocenters. The van der Waals surface area contributed by atoms with E-state index < -0.39 is 0 Å². The molecule has 1 aliphatic rings. The minimum atomic E-state index is 0.227. The van der Waals surface area contributed by atoms with Gasteiger partial charge >= 0.3 is 0 Å². The fourth-order valence-electron chi connectivity index (χ4n) is 1.09. The van der Waals surface area contributed by atoms with Crippen LogP contribution in [0.1, 0.15) is 12.5 Å². The second-order valence-electron chi connectivity index (χ2n) is 3.05. The van der Waals surface area contributed by atoms with Crippen molar-refractivity contribution in [3.05, 3.63) is 29.8 Å². The molecule has 0 amide bonds. The zero-order chi connectivity index (χ0) is 8.55. The summed E-state index contributed by atoms with van der Waals surface area (Å²) in [5, 5.41) is 0. The molecule has 1 heterocycles. The van der Waals surface area contributed by atoms with Crippen LogP contribution in [0, 0.1) is 6.92 Å². The first-order valence-electron chi connectivity index (χ1n) is 4.07. The molecule has 2 heteroatoms. The van der Waals surface area contributed by atoms with Crippen molar-refractivity contribution in [1.29, 1.82) is 0 Å². The molecule has 2 rings (SSSR count). The number of nitrogens with zero attached hydrogens (tertiary/aromatic N) is 1. The monoisotopic (exact) mass is 161 g/mol. The Morgan fingerprint density at radius 3 is 2.75 bits per heavy atom. The minimum absolute atomic E-state index is 0.227. The minimum Gasteiger partial charge on any atom is -0.465 e. The third-order valence-corrected chi connectivity index (χ3v) is 1.83. The molecule has 1 aliphatic heterocycles. The second kappa shape index (κ2) is 2.63. The Morgan fingerprint density at radius 1 is 1.42 bits per heavy atom. The van der Waals surface area contributed by atoms with Crippen LogP contribution in [0.2, 0.25) is 0 Å². The van der Waals surface area contributed by atoms with E-state index in [2.05, 4.69) is 18.0 Å². The van der Waals surface area contributed by atoms with E-state index >= 15 is 0 Å². The maximum Gasteiger partial charge on any atom is 0.231 e. The van der Waals surface area contributed by atoms with Crippen molar-refractivity contribution in [2.45, 2.75) is 20.0 Å². The molecule has 0 aliphatic carbocycles. The Balaban J connectivity index is 2.24. The van der Waals surface area contributed by atoms with Crippen LogP contribution < -0.4 is 0 Å². The number of rotatable bonds is 1. The second-order valence-corrected chi connectivity index (χ2v) is 3.05. The summed E-state index contributed by atoms with van der Waals surface area (Å²) in [7, 11) is 0. The fraction of sp³-hybridized carbons (Fsp3) is 0.300. The predicted octanol–water partition coefficient (Wildman–Crippen LogP) is 2.44. The molecule has 0 N–H and O–H groups in total. The molecule has 0 spiro atoms. The lowest BCUT2D eigenvalue weighted by molar-refractivity contribution is 0.469. The topological polar surface area (TPSA) is 24.9 Å². The zero-order valence-corrected chi connectivity index (χ0v) is 7.24. The van der Waals surface area contributed by atoms with E-state index in [1.807, 2.05) is 25.1 Å². The summed E-state index contributed by atoms with van der Waals surface area (Å²) in [6.07, 6.45) is 0.227. The molecular weight excluding hydrogens is 150 g/mol. The van der Waals surface area contributed by atoms with Crippen molar-refractivity contribution < 1.29 is 4.74 Å². The van der Waals surface area contributed by atoms with E-state index in [0.717, 1.165) is 11.6 Å². The van der Waals surface area contributed by atoms with Crippen LogP contribution in [0.5, 0.6) is 0 Å². The van der Waals surface area contributed by atoms with Crippen molar-refractivity contribution in [3.63, 3.8) is 0 Å². The third-order valence-electron chi connectivity index (χ3n) is 1.83. The number of aryl methyl sites for hydroxylation is 1. The molecule has 1 aromatic rings. The van der Waals surface area contributed by atoms with Gasteiger partial charge in [0.05, 0.1) is 5.69 Å². The Labute approximate surface area is 71.9 Å². The van der Waals surface area contributed by atoms with E-state index in [0.29, 0.717) is 0 Å². The maximum absolute atomic E-state index is 5.11. The van der Waals surface area contributed by atoms with Crippen LogP contribution in [0.25, 0.3) is 0 Å². The quantitative estimate of drug-likeness (QED) is 0.580. The number of ether oxygens (including phenoxy) is 1. The standard InChI is InChI=1S/C10H11NO/c1-7-4-3-5-9(6-7)11-10-8(2)12-10/h3-6,8H,1-2H3. The number of hydrogen-bond acceptors (Lipinski definition) is 2. The first kappa shape index (κ1) is 7.35. The highest BCUT2D eigenvalue weighted by atomic mass is 16.6. The first-order chi connectivity index (χ1) is 5.75. The van der Waals surface area contributed by atoms with E-state index in [-0.39, 0.29) is 6.10 Å². The Hall–Kier alpha value is -1.31. The SMILES string of the molecule is Cc1cccc(N=C2OC2C)c1. The van der Waals surface area contributed by atoms with Crippen LogP contribution in [-0.4, -0.2) is 12.0 Å². The molecule has 1 aromatic carbocycles. The van der Waals surface area contributed by atoms with Crippen molar-refractivity contribution in [3.8, 4) is 0 Å². The van der Waals surface area contributed by atoms with Gasteiger partial charge < -0.3 is 4.74 Å². The Kier molecular flexibility index (Phi) is 1.61. The molecule has 2 nitrogen and oxygen atoms in total. The van der Waals surface area contributed by atoms with Gasteiger partial charge in [-0.05, 0) is 31.5 Å². The molecule has 62 valence electrons. The summed E-state index contributed by atoms with van der Waals surface area (Å²) >= 11 is 0. The van der Waals surface area contributed by atoms with Crippen molar-refractivity contribution >= 4 is 11.6 Å². The van der Waals surface area contributed by atoms with E-state index in [1.54, 1.807) is 0 Å². The summed E-state index contributed by atoms with van der Waals surface area (Å²) < 4.78 is 5.11. The first-order valence-corrected chi connectivity index (χ1v) is 4.07. The fourth-order valence-corrected chi connectivity index (χ4v) is 1.09. The van der Waals surface area contributed by atoms with Crippen LogP contribution in [0.15, 0.2) is 29.3 Å². The van der Waals surface area contributed by atoms with Gasteiger partial charge in [-0.2, -0.15) is 0 Å². The summed E-state index contributed by atoms with van der Waals surface area (Å²) in [4.78, 5) is 4.31.